The first-order valence-corrected chi connectivity index (χ1v) is 12.0. The maximum absolute atomic E-state index is 13.5. The summed E-state index contributed by atoms with van der Waals surface area (Å²) in [5, 5.41) is 9.92. The van der Waals surface area contributed by atoms with Gasteiger partial charge in [-0.05, 0) is 75.3 Å². The maximum Gasteiger partial charge on any atom is 0.421 e. The van der Waals surface area contributed by atoms with E-state index in [1.54, 1.807) is 6.20 Å². The molecule has 1 atom stereocenters. The van der Waals surface area contributed by atoms with E-state index in [1.807, 2.05) is 23.1 Å². The number of aliphatic hydroxyl groups is 1. The summed E-state index contributed by atoms with van der Waals surface area (Å²) in [6.45, 7) is 0.794. The molecule has 0 aliphatic heterocycles. The normalized spacial score (nSPS) is 24.0. The van der Waals surface area contributed by atoms with Gasteiger partial charge in [0.25, 0.3) is 5.91 Å². The number of carbonyl (C=O) groups excluding carboxylic acids is 2. The smallest absolute Gasteiger partial charge is 0.421 e. The Hall–Kier alpha value is -3.14. The lowest BCUT2D eigenvalue weighted by molar-refractivity contribution is -0.258. The molecule has 1 heterocycles. The van der Waals surface area contributed by atoms with Gasteiger partial charge in [0.15, 0.2) is 5.60 Å². The molecular formula is C26H30F3N3O4. The molecule has 194 valence electrons. The lowest BCUT2D eigenvalue weighted by Gasteiger charge is -2.43. The summed E-state index contributed by atoms with van der Waals surface area (Å²) in [5.74, 6) is -0.237. The van der Waals surface area contributed by atoms with Crippen LogP contribution in [0.25, 0.3) is 0 Å². The number of benzene rings is 1. The highest BCUT2D eigenvalue weighted by Crippen LogP contribution is 2.43. The van der Waals surface area contributed by atoms with Crippen LogP contribution in [0.1, 0.15) is 67.1 Å². The van der Waals surface area contributed by atoms with Crippen LogP contribution in [0.2, 0.25) is 0 Å². The van der Waals surface area contributed by atoms with E-state index in [9.17, 15) is 27.9 Å². The summed E-state index contributed by atoms with van der Waals surface area (Å²) in [7, 11) is 0. The molecule has 2 aliphatic carbocycles. The third-order valence-corrected chi connectivity index (χ3v) is 7.43. The van der Waals surface area contributed by atoms with E-state index in [1.165, 1.54) is 12.1 Å². The van der Waals surface area contributed by atoms with Gasteiger partial charge in [0, 0.05) is 35.0 Å². The van der Waals surface area contributed by atoms with Crippen molar-refractivity contribution >= 4 is 12.0 Å². The topological polar surface area (TPSA) is 106 Å². The van der Waals surface area contributed by atoms with Crippen LogP contribution < -0.4 is 5.73 Å². The minimum absolute atomic E-state index is 0.0617. The van der Waals surface area contributed by atoms with Crippen molar-refractivity contribution in [1.82, 2.24) is 9.88 Å². The van der Waals surface area contributed by atoms with Crippen LogP contribution in [0.3, 0.4) is 0 Å². The van der Waals surface area contributed by atoms with Gasteiger partial charge in [0.2, 0.25) is 0 Å². The zero-order valence-electron chi connectivity index (χ0n) is 20.0. The number of primary amides is 1. The van der Waals surface area contributed by atoms with E-state index in [2.05, 4.69) is 4.98 Å². The van der Waals surface area contributed by atoms with Crippen LogP contribution in [0.4, 0.5) is 18.0 Å². The van der Waals surface area contributed by atoms with Crippen LogP contribution in [0.15, 0.2) is 48.7 Å². The second-order valence-electron chi connectivity index (χ2n) is 9.93. The number of halogens is 3. The number of amides is 2. The lowest BCUT2D eigenvalue weighted by atomic mass is 9.70. The summed E-state index contributed by atoms with van der Waals surface area (Å²) >= 11 is 0. The molecule has 2 amide bonds. The van der Waals surface area contributed by atoms with Gasteiger partial charge in [-0.2, -0.15) is 13.2 Å². The molecule has 1 aromatic heterocycles. The largest absolute Gasteiger partial charge is 0.449 e. The summed E-state index contributed by atoms with van der Waals surface area (Å²) in [5.41, 5.74) is 2.48. The molecule has 2 saturated carbocycles. The molecule has 2 fully saturated rings. The van der Waals surface area contributed by atoms with Gasteiger partial charge in [-0.15, -0.1) is 0 Å². The number of nitrogens with zero attached hydrogens (tertiary/aromatic N) is 2. The van der Waals surface area contributed by atoms with Crippen molar-refractivity contribution in [3.8, 4) is 0 Å². The summed E-state index contributed by atoms with van der Waals surface area (Å²) in [6.07, 6.45) is 0.321. The van der Waals surface area contributed by atoms with E-state index in [0.29, 0.717) is 32.6 Å². The number of aromatic nitrogens is 1. The SMILES string of the molecule is C[C@](O)(c1ccc(C(=O)N(C2CC2)[C@H]2CC[C@](COC(N)=O)(c3ccccn3)CC2)cc1)C(F)(F)F. The fourth-order valence-corrected chi connectivity index (χ4v) is 5.03. The number of nitrogens with two attached hydrogens (primary N) is 1. The first-order valence-electron chi connectivity index (χ1n) is 12.0. The van der Waals surface area contributed by atoms with E-state index < -0.39 is 23.3 Å². The number of hydrogen-bond donors (Lipinski definition) is 2. The van der Waals surface area contributed by atoms with Gasteiger partial charge in [-0.1, -0.05) is 18.2 Å². The zero-order chi connectivity index (χ0) is 26.1. The molecule has 0 spiro atoms. The van der Waals surface area contributed by atoms with E-state index in [-0.39, 0.29) is 35.7 Å². The Labute approximate surface area is 207 Å². The molecular weight excluding hydrogens is 475 g/mol. The number of pyridine rings is 1. The zero-order valence-corrected chi connectivity index (χ0v) is 20.0. The minimum Gasteiger partial charge on any atom is -0.449 e. The quantitative estimate of drug-likeness (QED) is 0.579. The number of hydrogen-bond acceptors (Lipinski definition) is 5. The number of alkyl halides is 3. The Balaban J connectivity index is 1.51. The predicted octanol–water partition coefficient (Wildman–Crippen LogP) is 4.43. The van der Waals surface area contributed by atoms with Crippen LogP contribution in [0, 0.1) is 0 Å². The highest BCUT2D eigenvalue weighted by atomic mass is 19.4. The van der Waals surface area contributed by atoms with E-state index in [4.69, 9.17) is 10.5 Å². The third-order valence-electron chi connectivity index (χ3n) is 7.43. The standard InChI is InChI=1S/C26H30F3N3O4/c1-24(35,26(27,28)29)18-7-5-17(6-8-18)22(33)32(19-9-10-19)20-11-13-25(14-12-20,16-36-23(30)34)21-4-2-3-15-31-21/h2-8,15,19-20,35H,9-14,16H2,1H3,(H2,30,34)/t20-,24-,25-/m0/s1. The molecule has 2 aromatic rings. The van der Waals surface area contributed by atoms with Crippen molar-refractivity contribution in [3.63, 3.8) is 0 Å². The Kier molecular flexibility index (Phi) is 7.01. The fraction of sp³-hybridized carbons (Fsp3) is 0.500. The number of rotatable bonds is 7. The molecule has 2 aliphatic rings. The van der Waals surface area contributed by atoms with Crippen molar-refractivity contribution in [1.29, 1.82) is 0 Å². The van der Waals surface area contributed by atoms with E-state index >= 15 is 0 Å². The minimum atomic E-state index is -4.83. The molecule has 3 N–H and O–H groups in total. The van der Waals surface area contributed by atoms with Crippen molar-refractivity contribution in [3.05, 3.63) is 65.5 Å². The fourth-order valence-electron chi connectivity index (χ4n) is 5.03. The Morgan fingerprint density at radius 1 is 1.08 bits per heavy atom. The lowest BCUT2D eigenvalue weighted by Crippen LogP contribution is -2.48. The van der Waals surface area contributed by atoms with Gasteiger partial charge in [-0.3, -0.25) is 9.78 Å². The maximum atomic E-state index is 13.5. The van der Waals surface area contributed by atoms with Crippen LogP contribution in [-0.4, -0.2) is 51.9 Å². The second-order valence-corrected chi connectivity index (χ2v) is 9.93. The van der Waals surface area contributed by atoms with Gasteiger partial charge < -0.3 is 20.5 Å². The summed E-state index contributed by atoms with van der Waals surface area (Å²) in [4.78, 5) is 31.1. The first kappa shape index (κ1) is 25.9. The molecule has 0 saturated heterocycles. The monoisotopic (exact) mass is 505 g/mol. The third kappa shape index (κ3) is 5.18. The number of ether oxygens (including phenoxy) is 1. The highest BCUT2D eigenvalue weighted by Gasteiger charge is 2.51. The summed E-state index contributed by atoms with van der Waals surface area (Å²) < 4.78 is 44.7. The molecule has 0 radical (unpaired) electrons. The second kappa shape index (κ2) is 9.72. The van der Waals surface area contributed by atoms with Gasteiger partial charge in [-0.25, -0.2) is 4.79 Å². The molecule has 10 heteroatoms. The first-order chi connectivity index (χ1) is 16.9. The summed E-state index contributed by atoms with van der Waals surface area (Å²) in [6, 6.07) is 10.6. The Morgan fingerprint density at radius 3 is 2.19 bits per heavy atom. The average molecular weight is 506 g/mol. The van der Waals surface area contributed by atoms with Gasteiger partial charge in [0.05, 0.1) is 0 Å². The van der Waals surface area contributed by atoms with Crippen LogP contribution in [0.5, 0.6) is 0 Å². The van der Waals surface area contributed by atoms with Crippen molar-refractivity contribution in [2.45, 2.75) is 74.7 Å². The predicted molar refractivity (Wildman–Crippen MR) is 125 cm³/mol. The average Bonchev–Trinajstić information content (AvgIpc) is 3.69. The molecule has 4 rings (SSSR count). The Morgan fingerprint density at radius 2 is 1.69 bits per heavy atom. The van der Waals surface area contributed by atoms with Gasteiger partial charge in [0.1, 0.15) is 6.61 Å². The van der Waals surface area contributed by atoms with Crippen LogP contribution in [-0.2, 0) is 15.8 Å². The highest BCUT2D eigenvalue weighted by molar-refractivity contribution is 5.95. The molecule has 7 nitrogen and oxygen atoms in total. The van der Waals surface area contributed by atoms with Crippen LogP contribution >= 0.6 is 0 Å². The number of carbonyl (C=O) groups is 2. The Bertz CT molecular complexity index is 1080. The van der Waals surface area contributed by atoms with Gasteiger partial charge >= 0.3 is 12.3 Å². The van der Waals surface area contributed by atoms with Crippen molar-refractivity contribution in [2.24, 2.45) is 5.73 Å². The van der Waals surface area contributed by atoms with E-state index in [0.717, 1.165) is 30.7 Å². The van der Waals surface area contributed by atoms with Crippen molar-refractivity contribution in [2.75, 3.05) is 6.61 Å². The molecule has 0 bridgehead atoms. The molecule has 36 heavy (non-hydrogen) atoms. The molecule has 0 unspecified atom stereocenters. The van der Waals surface area contributed by atoms with Crippen molar-refractivity contribution < 1.29 is 32.6 Å². The molecule has 1 aromatic carbocycles.